The molecule has 2 unspecified atom stereocenters. The lowest BCUT2D eigenvalue weighted by molar-refractivity contribution is -0.127. The average Bonchev–Trinajstić information content (AvgIpc) is 3.18. The van der Waals surface area contributed by atoms with Gasteiger partial charge in [0, 0.05) is 52.9 Å². The van der Waals surface area contributed by atoms with Crippen LogP contribution in [0.5, 0.6) is 0 Å². The smallest absolute Gasteiger partial charge is 0.243 e. The van der Waals surface area contributed by atoms with Gasteiger partial charge in [0.1, 0.15) is 6.54 Å². The molecule has 0 spiro atoms. The second-order valence-electron chi connectivity index (χ2n) is 7.20. The first-order valence-electron chi connectivity index (χ1n) is 9.79. The highest BCUT2D eigenvalue weighted by atomic mass is 127. The van der Waals surface area contributed by atoms with Crippen molar-refractivity contribution in [2.75, 3.05) is 79.9 Å². The number of carbonyl (C=O) groups is 1. The van der Waals surface area contributed by atoms with E-state index in [4.69, 9.17) is 14.2 Å². The zero-order valence-electron chi connectivity index (χ0n) is 17.3. The minimum Gasteiger partial charge on any atom is -0.379 e. The fraction of sp³-hybridized carbons (Fsp3) is 0.889. The van der Waals surface area contributed by atoms with Gasteiger partial charge in [-0.1, -0.05) is 0 Å². The number of morpholine rings is 1. The molecule has 2 fully saturated rings. The van der Waals surface area contributed by atoms with Crippen LogP contribution in [0.2, 0.25) is 0 Å². The number of halogens is 1. The molecule has 2 aliphatic heterocycles. The number of nitrogens with zero attached hydrogens (tertiary/aromatic N) is 3. The number of aliphatic imine (C=N–C) groups is 1. The monoisotopic (exact) mass is 513 g/mol. The third-order valence-corrected chi connectivity index (χ3v) is 4.55. The molecule has 2 N–H and O–H groups in total. The van der Waals surface area contributed by atoms with Crippen LogP contribution in [-0.4, -0.2) is 114 Å². The van der Waals surface area contributed by atoms with E-state index in [0.717, 1.165) is 52.4 Å². The van der Waals surface area contributed by atoms with E-state index in [2.05, 4.69) is 20.5 Å². The van der Waals surface area contributed by atoms with Gasteiger partial charge in [-0.25, -0.2) is 4.99 Å². The Hall–Kier alpha value is -0.690. The fourth-order valence-electron chi connectivity index (χ4n) is 2.80. The van der Waals surface area contributed by atoms with Gasteiger partial charge in [-0.3, -0.25) is 9.69 Å². The van der Waals surface area contributed by atoms with Gasteiger partial charge in [-0.15, -0.1) is 24.0 Å². The Morgan fingerprint density at radius 2 is 2.04 bits per heavy atom. The number of hydrogen-bond acceptors (Lipinski definition) is 6. The summed E-state index contributed by atoms with van der Waals surface area (Å²) in [6.45, 7) is 9.32. The number of rotatable bonds is 9. The molecule has 0 aromatic carbocycles. The second-order valence-corrected chi connectivity index (χ2v) is 7.20. The molecule has 9 nitrogen and oxygen atoms in total. The van der Waals surface area contributed by atoms with Crippen molar-refractivity contribution in [3.05, 3.63) is 0 Å². The van der Waals surface area contributed by atoms with Crippen LogP contribution in [-0.2, 0) is 19.0 Å². The summed E-state index contributed by atoms with van der Waals surface area (Å²) >= 11 is 0. The number of likely N-dealkylation sites (N-methyl/N-ethyl adjacent to an activating group) is 1. The van der Waals surface area contributed by atoms with Crippen molar-refractivity contribution in [1.29, 1.82) is 0 Å². The second kappa shape index (κ2) is 14.3. The van der Waals surface area contributed by atoms with E-state index in [1.807, 2.05) is 6.92 Å². The third kappa shape index (κ3) is 10.2. The van der Waals surface area contributed by atoms with Crippen LogP contribution in [0.25, 0.3) is 0 Å². The summed E-state index contributed by atoms with van der Waals surface area (Å²) < 4.78 is 16.6. The predicted octanol–water partition coefficient (Wildman–Crippen LogP) is -0.246. The molecule has 2 saturated heterocycles. The maximum absolute atomic E-state index is 11.9. The highest BCUT2D eigenvalue weighted by Crippen LogP contribution is 2.08. The summed E-state index contributed by atoms with van der Waals surface area (Å²) in [5.41, 5.74) is 0. The summed E-state index contributed by atoms with van der Waals surface area (Å²) in [4.78, 5) is 20.2. The summed E-state index contributed by atoms with van der Waals surface area (Å²) in [5, 5.41) is 6.66. The molecule has 2 aliphatic rings. The molecule has 2 rings (SSSR count). The van der Waals surface area contributed by atoms with Crippen molar-refractivity contribution in [2.24, 2.45) is 4.99 Å². The Bertz CT molecular complexity index is 469. The number of guanidine groups is 1. The van der Waals surface area contributed by atoms with Gasteiger partial charge in [0.2, 0.25) is 5.91 Å². The molecular formula is C18H36IN5O4. The summed E-state index contributed by atoms with van der Waals surface area (Å²) in [6, 6.07) is 0.0784. The van der Waals surface area contributed by atoms with Crippen molar-refractivity contribution >= 4 is 35.8 Å². The van der Waals surface area contributed by atoms with Crippen LogP contribution in [0.15, 0.2) is 4.99 Å². The van der Waals surface area contributed by atoms with Crippen LogP contribution in [0.3, 0.4) is 0 Å². The average molecular weight is 513 g/mol. The SMILES string of the molecule is CC(COC1CCOC1)NC(=NCC(=O)N(C)C)NCCN1CCOCC1.I. The van der Waals surface area contributed by atoms with E-state index < -0.39 is 0 Å². The highest BCUT2D eigenvalue weighted by molar-refractivity contribution is 14.0. The topological polar surface area (TPSA) is 87.7 Å². The molecule has 10 heteroatoms. The standard InChI is InChI=1S/C18H35N5O4.HI/c1-15(13-27-16-4-9-26-14-16)21-18(20-12-17(24)22(2)3)19-5-6-23-7-10-25-11-8-23;/h15-16H,4-14H2,1-3H3,(H2,19,20,21);1H. The Morgan fingerprint density at radius 3 is 2.68 bits per heavy atom. The van der Waals surface area contributed by atoms with Crippen molar-refractivity contribution in [1.82, 2.24) is 20.4 Å². The Morgan fingerprint density at radius 1 is 1.29 bits per heavy atom. The highest BCUT2D eigenvalue weighted by Gasteiger charge is 2.17. The van der Waals surface area contributed by atoms with Gasteiger partial charge in [-0.05, 0) is 13.3 Å². The molecule has 0 saturated carbocycles. The van der Waals surface area contributed by atoms with E-state index >= 15 is 0 Å². The Kier molecular flexibility index (Phi) is 13.0. The molecule has 2 atom stereocenters. The lowest BCUT2D eigenvalue weighted by Crippen LogP contribution is -2.48. The van der Waals surface area contributed by atoms with Crippen LogP contribution in [0.4, 0.5) is 0 Å². The van der Waals surface area contributed by atoms with Crippen LogP contribution >= 0.6 is 24.0 Å². The van der Waals surface area contributed by atoms with E-state index in [1.54, 1.807) is 19.0 Å². The maximum Gasteiger partial charge on any atom is 0.243 e. The van der Waals surface area contributed by atoms with E-state index in [-0.39, 0.29) is 48.6 Å². The zero-order valence-corrected chi connectivity index (χ0v) is 19.6. The molecule has 0 aromatic rings. The van der Waals surface area contributed by atoms with Crippen molar-refractivity contribution < 1.29 is 19.0 Å². The van der Waals surface area contributed by atoms with Crippen LogP contribution in [0, 0.1) is 0 Å². The first-order chi connectivity index (χ1) is 13.0. The number of nitrogens with one attached hydrogen (secondary N) is 2. The van der Waals surface area contributed by atoms with Crippen LogP contribution in [0.1, 0.15) is 13.3 Å². The van der Waals surface area contributed by atoms with Crippen molar-refractivity contribution in [3.8, 4) is 0 Å². The first-order valence-corrected chi connectivity index (χ1v) is 9.79. The predicted molar refractivity (Wildman–Crippen MR) is 119 cm³/mol. The molecular weight excluding hydrogens is 477 g/mol. The van der Waals surface area contributed by atoms with E-state index in [0.29, 0.717) is 19.2 Å². The summed E-state index contributed by atoms with van der Waals surface area (Å²) in [5.74, 6) is 0.605. The lowest BCUT2D eigenvalue weighted by atomic mass is 10.3. The summed E-state index contributed by atoms with van der Waals surface area (Å²) in [6.07, 6.45) is 1.13. The third-order valence-electron chi connectivity index (χ3n) is 4.55. The molecule has 0 aromatic heterocycles. The molecule has 0 aliphatic carbocycles. The van der Waals surface area contributed by atoms with Gasteiger partial charge in [0.25, 0.3) is 0 Å². The van der Waals surface area contributed by atoms with Crippen LogP contribution < -0.4 is 10.6 Å². The summed E-state index contributed by atoms with van der Waals surface area (Å²) in [7, 11) is 3.47. The van der Waals surface area contributed by atoms with Gasteiger partial charge in [0.05, 0.1) is 32.5 Å². The molecule has 2 heterocycles. The number of carbonyl (C=O) groups excluding carboxylic acids is 1. The molecule has 164 valence electrons. The minimum atomic E-state index is -0.0312. The fourth-order valence-corrected chi connectivity index (χ4v) is 2.80. The van der Waals surface area contributed by atoms with Gasteiger partial charge in [0.15, 0.2) is 5.96 Å². The van der Waals surface area contributed by atoms with Crippen molar-refractivity contribution in [2.45, 2.75) is 25.5 Å². The largest absolute Gasteiger partial charge is 0.379 e. The molecule has 0 radical (unpaired) electrons. The molecule has 28 heavy (non-hydrogen) atoms. The Balaban J connectivity index is 0.00000392. The molecule has 0 bridgehead atoms. The van der Waals surface area contributed by atoms with Gasteiger partial charge < -0.3 is 29.7 Å². The number of ether oxygens (including phenoxy) is 3. The maximum atomic E-state index is 11.9. The molecule has 1 amide bonds. The van der Waals surface area contributed by atoms with E-state index in [1.165, 1.54) is 0 Å². The first kappa shape index (κ1) is 25.3. The van der Waals surface area contributed by atoms with E-state index in [9.17, 15) is 4.79 Å². The quantitative estimate of drug-likeness (QED) is 0.250. The van der Waals surface area contributed by atoms with Gasteiger partial charge >= 0.3 is 0 Å². The van der Waals surface area contributed by atoms with Gasteiger partial charge in [-0.2, -0.15) is 0 Å². The van der Waals surface area contributed by atoms with Crippen molar-refractivity contribution in [3.63, 3.8) is 0 Å². The number of hydrogen-bond donors (Lipinski definition) is 2. The minimum absolute atomic E-state index is 0. The lowest BCUT2D eigenvalue weighted by Gasteiger charge is -2.27. The zero-order chi connectivity index (χ0) is 19.5. The normalized spacial score (nSPS) is 21.7. The Labute approximate surface area is 185 Å². The number of amides is 1.